The number of rotatable bonds is 6. The van der Waals surface area contributed by atoms with E-state index in [1.165, 1.54) is 31.0 Å². The molecular weight excluding hydrogens is 425 g/mol. The van der Waals surface area contributed by atoms with E-state index in [2.05, 4.69) is 18.8 Å². The molecule has 1 heterocycles. The maximum absolute atomic E-state index is 14.6. The lowest BCUT2D eigenvalue weighted by molar-refractivity contribution is -0.203. The van der Waals surface area contributed by atoms with E-state index in [4.69, 9.17) is 9.47 Å². The molecule has 4 rings (SSSR count). The lowest BCUT2D eigenvalue weighted by atomic mass is 10.0. The van der Waals surface area contributed by atoms with Gasteiger partial charge in [0.25, 0.3) is 0 Å². The first-order valence-corrected chi connectivity index (χ1v) is 11.4. The van der Waals surface area contributed by atoms with Gasteiger partial charge < -0.3 is 9.47 Å². The van der Waals surface area contributed by atoms with Gasteiger partial charge in [0.1, 0.15) is 5.82 Å². The highest BCUT2D eigenvalue weighted by atomic mass is 19.2. The summed E-state index contributed by atoms with van der Waals surface area (Å²) in [6.45, 7) is 3.63. The van der Waals surface area contributed by atoms with E-state index in [0.29, 0.717) is 29.7 Å². The first-order valence-electron chi connectivity index (χ1n) is 11.4. The van der Waals surface area contributed by atoms with Crippen molar-refractivity contribution in [3.05, 3.63) is 82.7 Å². The second-order valence-corrected chi connectivity index (χ2v) is 8.50. The van der Waals surface area contributed by atoms with Crippen molar-refractivity contribution in [3.63, 3.8) is 0 Å². The molecule has 5 heteroatoms. The van der Waals surface area contributed by atoms with Crippen LogP contribution in [-0.2, 0) is 15.9 Å². The predicted molar refractivity (Wildman–Crippen MR) is 123 cm³/mol. The molecule has 0 unspecified atom stereocenters. The second-order valence-electron chi connectivity index (χ2n) is 8.50. The van der Waals surface area contributed by atoms with Gasteiger partial charge in [-0.25, -0.2) is 13.2 Å². The zero-order valence-electron chi connectivity index (χ0n) is 18.7. The average Bonchev–Trinajstić information content (AvgIpc) is 2.84. The van der Waals surface area contributed by atoms with Crippen LogP contribution in [0.15, 0.2) is 48.5 Å². The summed E-state index contributed by atoms with van der Waals surface area (Å²) in [6, 6.07) is 12.3. The van der Waals surface area contributed by atoms with Crippen molar-refractivity contribution in [3.8, 4) is 11.8 Å². The van der Waals surface area contributed by atoms with Gasteiger partial charge in [-0.2, -0.15) is 0 Å². The van der Waals surface area contributed by atoms with E-state index in [1.54, 1.807) is 18.2 Å². The lowest BCUT2D eigenvalue weighted by Crippen LogP contribution is -2.32. The van der Waals surface area contributed by atoms with Crippen LogP contribution >= 0.6 is 0 Å². The van der Waals surface area contributed by atoms with Gasteiger partial charge in [0.2, 0.25) is 0 Å². The highest BCUT2D eigenvalue weighted by Crippen LogP contribution is 2.22. The molecule has 172 valence electrons. The van der Waals surface area contributed by atoms with E-state index < -0.39 is 11.6 Å². The fourth-order valence-corrected chi connectivity index (χ4v) is 3.99. The molecule has 1 saturated heterocycles. The van der Waals surface area contributed by atoms with Crippen molar-refractivity contribution in [1.82, 2.24) is 0 Å². The van der Waals surface area contributed by atoms with Crippen molar-refractivity contribution < 1.29 is 22.6 Å². The van der Waals surface area contributed by atoms with Crippen molar-refractivity contribution >= 4 is 10.8 Å². The molecule has 0 aliphatic carbocycles. The van der Waals surface area contributed by atoms with Crippen LogP contribution in [0.25, 0.3) is 10.8 Å². The standard InChI is InChI=1S/C28H27F3O2/c1-2-3-4-21-17-32-27(33-18-21)14-8-20-6-10-22(26(30)16-20)9-5-19-7-12-24-23(15-19)11-13-25(29)28(24)31/h6-7,10-13,15-16,21,27H,2-4,8,14,17-18H2,1H3. The number of fused-ring (bicyclic) bond motifs is 1. The monoisotopic (exact) mass is 452 g/mol. The van der Waals surface area contributed by atoms with E-state index in [0.717, 1.165) is 31.3 Å². The third kappa shape index (κ3) is 5.96. The van der Waals surface area contributed by atoms with Gasteiger partial charge in [-0.3, -0.25) is 0 Å². The normalized spacial score (nSPS) is 18.2. The Bertz CT molecular complexity index is 1170. The van der Waals surface area contributed by atoms with Crippen molar-refractivity contribution in [2.45, 2.75) is 45.3 Å². The predicted octanol–water partition coefficient (Wildman–Crippen LogP) is 6.77. The molecule has 0 aromatic heterocycles. The zero-order valence-corrected chi connectivity index (χ0v) is 18.7. The Morgan fingerprint density at radius 1 is 0.879 bits per heavy atom. The summed E-state index contributed by atoms with van der Waals surface area (Å²) in [5.41, 5.74) is 1.75. The molecule has 33 heavy (non-hydrogen) atoms. The van der Waals surface area contributed by atoms with Crippen molar-refractivity contribution in [2.75, 3.05) is 13.2 Å². The molecule has 0 saturated carbocycles. The maximum atomic E-state index is 14.6. The average molecular weight is 453 g/mol. The molecule has 0 radical (unpaired) electrons. The second kappa shape index (κ2) is 10.9. The van der Waals surface area contributed by atoms with Crippen LogP contribution in [0.1, 0.15) is 49.3 Å². The van der Waals surface area contributed by atoms with E-state index in [-0.39, 0.29) is 23.1 Å². The van der Waals surface area contributed by atoms with Crippen LogP contribution in [0, 0.1) is 35.2 Å². The lowest BCUT2D eigenvalue weighted by Gasteiger charge is -2.29. The van der Waals surface area contributed by atoms with Crippen LogP contribution in [0.4, 0.5) is 13.2 Å². The molecule has 0 spiro atoms. The Kier molecular flexibility index (Phi) is 7.69. The van der Waals surface area contributed by atoms with Gasteiger partial charge >= 0.3 is 0 Å². The Labute approximate surface area is 192 Å². The molecule has 1 fully saturated rings. The number of unbranched alkanes of at least 4 members (excludes halogenated alkanes) is 1. The summed E-state index contributed by atoms with van der Waals surface area (Å²) in [5, 5.41) is 0.735. The maximum Gasteiger partial charge on any atom is 0.166 e. The van der Waals surface area contributed by atoms with Gasteiger partial charge in [0.15, 0.2) is 17.9 Å². The smallest absolute Gasteiger partial charge is 0.166 e. The molecule has 2 nitrogen and oxygen atoms in total. The Hall–Kier alpha value is -2.81. The molecule has 0 amide bonds. The number of aryl methyl sites for hydroxylation is 1. The fraction of sp³-hybridized carbons (Fsp3) is 0.357. The SMILES string of the molecule is CCCCC1COC(CCc2ccc(C#Cc3ccc4c(F)c(F)ccc4c3)c(F)c2)OC1. The van der Waals surface area contributed by atoms with Gasteiger partial charge in [-0.1, -0.05) is 49.8 Å². The van der Waals surface area contributed by atoms with Crippen LogP contribution in [0.3, 0.4) is 0 Å². The largest absolute Gasteiger partial charge is 0.352 e. The molecule has 0 N–H and O–H groups in total. The summed E-state index contributed by atoms with van der Waals surface area (Å²) in [5.74, 6) is 4.05. The molecule has 1 aliphatic heterocycles. The van der Waals surface area contributed by atoms with Gasteiger partial charge in [0, 0.05) is 23.3 Å². The van der Waals surface area contributed by atoms with Crippen molar-refractivity contribution in [2.24, 2.45) is 5.92 Å². The number of ether oxygens (including phenoxy) is 2. The summed E-state index contributed by atoms with van der Waals surface area (Å²) in [7, 11) is 0. The fourth-order valence-electron chi connectivity index (χ4n) is 3.99. The van der Waals surface area contributed by atoms with Gasteiger partial charge in [-0.05, 0) is 54.1 Å². The highest BCUT2D eigenvalue weighted by molar-refractivity contribution is 5.84. The molecule has 0 atom stereocenters. The molecule has 3 aromatic rings. The van der Waals surface area contributed by atoms with Crippen LogP contribution < -0.4 is 0 Å². The van der Waals surface area contributed by atoms with Crippen LogP contribution in [-0.4, -0.2) is 19.5 Å². The topological polar surface area (TPSA) is 18.5 Å². The van der Waals surface area contributed by atoms with Crippen LogP contribution in [0.2, 0.25) is 0 Å². The number of benzene rings is 3. The van der Waals surface area contributed by atoms with Gasteiger partial charge in [-0.15, -0.1) is 0 Å². The van der Waals surface area contributed by atoms with Gasteiger partial charge in [0.05, 0.1) is 18.8 Å². The molecule has 3 aromatic carbocycles. The Morgan fingerprint density at radius 2 is 1.70 bits per heavy atom. The molecular formula is C28H27F3O2. The first kappa shape index (κ1) is 23.4. The molecule has 1 aliphatic rings. The van der Waals surface area contributed by atoms with E-state index in [9.17, 15) is 13.2 Å². The quantitative estimate of drug-likeness (QED) is 0.384. The first-order chi connectivity index (χ1) is 16.0. The van der Waals surface area contributed by atoms with E-state index in [1.807, 2.05) is 6.07 Å². The minimum Gasteiger partial charge on any atom is -0.352 e. The third-order valence-corrected chi connectivity index (χ3v) is 5.95. The number of hydrogen-bond donors (Lipinski definition) is 0. The Balaban J connectivity index is 1.35. The summed E-state index contributed by atoms with van der Waals surface area (Å²) >= 11 is 0. The zero-order chi connectivity index (χ0) is 23.2. The number of halogens is 3. The minimum absolute atomic E-state index is 0.193. The summed E-state index contributed by atoms with van der Waals surface area (Å²) < 4.78 is 53.4. The van der Waals surface area contributed by atoms with Crippen molar-refractivity contribution in [1.29, 1.82) is 0 Å². The summed E-state index contributed by atoms with van der Waals surface area (Å²) in [6.07, 6.45) is 4.59. The minimum atomic E-state index is -0.888. The highest BCUT2D eigenvalue weighted by Gasteiger charge is 2.21. The Morgan fingerprint density at radius 3 is 2.45 bits per heavy atom. The van der Waals surface area contributed by atoms with Crippen LogP contribution in [0.5, 0.6) is 0 Å². The summed E-state index contributed by atoms with van der Waals surface area (Å²) in [4.78, 5) is 0. The molecule has 0 bridgehead atoms. The number of hydrogen-bond acceptors (Lipinski definition) is 2. The van der Waals surface area contributed by atoms with E-state index >= 15 is 0 Å². The third-order valence-electron chi connectivity index (χ3n) is 5.95.